The number of Topliss-reactive ketones (excluding diaryl/α,β-unsaturated/α-hetero) is 1. The van der Waals surface area contributed by atoms with Gasteiger partial charge >= 0.3 is 0 Å². The zero-order valence-corrected chi connectivity index (χ0v) is 7.92. The SMILES string of the molecule is C=C(C(C)=O)C(OCC)OCC. The van der Waals surface area contributed by atoms with Gasteiger partial charge in [-0.3, -0.25) is 4.79 Å². The Kier molecular flexibility index (Phi) is 5.58. The molecule has 0 aromatic rings. The molecule has 0 aromatic heterocycles. The maximum atomic E-state index is 10.9. The van der Waals surface area contributed by atoms with Crippen LogP contribution < -0.4 is 0 Å². The Labute approximate surface area is 73.4 Å². The molecule has 0 spiro atoms. The molecule has 0 aliphatic rings. The second kappa shape index (κ2) is 5.91. The van der Waals surface area contributed by atoms with Crippen molar-refractivity contribution in [1.29, 1.82) is 0 Å². The molecule has 0 aliphatic heterocycles. The highest BCUT2D eigenvalue weighted by Crippen LogP contribution is 2.07. The van der Waals surface area contributed by atoms with E-state index in [1.807, 2.05) is 13.8 Å². The number of carbonyl (C=O) groups is 1. The fourth-order valence-electron chi connectivity index (χ4n) is 0.718. The number of ether oxygens (including phenoxy) is 2. The third-order valence-corrected chi connectivity index (χ3v) is 1.37. The maximum absolute atomic E-state index is 10.9. The van der Waals surface area contributed by atoms with Crippen molar-refractivity contribution in [1.82, 2.24) is 0 Å². The average molecular weight is 172 g/mol. The first-order chi connectivity index (χ1) is 5.63. The van der Waals surface area contributed by atoms with E-state index in [-0.39, 0.29) is 5.78 Å². The van der Waals surface area contributed by atoms with Gasteiger partial charge in [-0.05, 0) is 20.8 Å². The zero-order valence-electron chi connectivity index (χ0n) is 7.92. The predicted molar refractivity (Wildman–Crippen MR) is 46.9 cm³/mol. The van der Waals surface area contributed by atoms with Crippen LogP contribution in [0.4, 0.5) is 0 Å². The van der Waals surface area contributed by atoms with Crippen LogP contribution in [0.3, 0.4) is 0 Å². The molecular weight excluding hydrogens is 156 g/mol. The van der Waals surface area contributed by atoms with Crippen LogP contribution in [0, 0.1) is 0 Å². The van der Waals surface area contributed by atoms with Crippen molar-refractivity contribution in [2.24, 2.45) is 0 Å². The molecule has 70 valence electrons. The summed E-state index contributed by atoms with van der Waals surface area (Å²) in [5.41, 5.74) is 0.374. The number of ketones is 1. The van der Waals surface area contributed by atoms with Crippen LogP contribution in [0.2, 0.25) is 0 Å². The smallest absolute Gasteiger partial charge is 0.186 e. The van der Waals surface area contributed by atoms with Gasteiger partial charge < -0.3 is 9.47 Å². The van der Waals surface area contributed by atoms with Gasteiger partial charge in [0.1, 0.15) is 0 Å². The van der Waals surface area contributed by atoms with Gasteiger partial charge in [-0.2, -0.15) is 0 Å². The normalized spacial score (nSPS) is 10.3. The van der Waals surface area contributed by atoms with Crippen molar-refractivity contribution in [2.75, 3.05) is 13.2 Å². The van der Waals surface area contributed by atoms with Crippen molar-refractivity contribution in [3.05, 3.63) is 12.2 Å². The lowest BCUT2D eigenvalue weighted by atomic mass is 10.2. The summed E-state index contributed by atoms with van der Waals surface area (Å²) in [6.45, 7) is 9.76. The minimum Gasteiger partial charge on any atom is -0.349 e. The number of carbonyl (C=O) groups excluding carboxylic acids is 1. The van der Waals surface area contributed by atoms with E-state index in [9.17, 15) is 4.79 Å². The highest BCUT2D eigenvalue weighted by atomic mass is 16.7. The van der Waals surface area contributed by atoms with Crippen LogP contribution in [0.15, 0.2) is 12.2 Å². The summed E-state index contributed by atoms with van der Waals surface area (Å²) in [6, 6.07) is 0. The average Bonchev–Trinajstić information content (AvgIpc) is 2.03. The van der Waals surface area contributed by atoms with Gasteiger partial charge in [-0.1, -0.05) is 6.58 Å². The van der Waals surface area contributed by atoms with E-state index >= 15 is 0 Å². The molecule has 3 heteroatoms. The van der Waals surface area contributed by atoms with Crippen molar-refractivity contribution in [3.8, 4) is 0 Å². The van der Waals surface area contributed by atoms with Crippen LogP contribution >= 0.6 is 0 Å². The van der Waals surface area contributed by atoms with E-state index in [4.69, 9.17) is 9.47 Å². The molecule has 0 heterocycles. The van der Waals surface area contributed by atoms with Crippen molar-refractivity contribution in [3.63, 3.8) is 0 Å². The topological polar surface area (TPSA) is 35.5 Å². The van der Waals surface area contributed by atoms with Gasteiger partial charge in [0.25, 0.3) is 0 Å². The van der Waals surface area contributed by atoms with Gasteiger partial charge in [-0.25, -0.2) is 0 Å². The molecule has 0 radical (unpaired) electrons. The van der Waals surface area contributed by atoms with E-state index in [2.05, 4.69) is 6.58 Å². The van der Waals surface area contributed by atoms with E-state index in [1.54, 1.807) is 0 Å². The van der Waals surface area contributed by atoms with Crippen LogP contribution in [0.5, 0.6) is 0 Å². The van der Waals surface area contributed by atoms with Crippen molar-refractivity contribution in [2.45, 2.75) is 27.1 Å². The van der Waals surface area contributed by atoms with Crippen molar-refractivity contribution >= 4 is 5.78 Å². The Morgan fingerprint density at radius 3 is 2.00 bits per heavy atom. The molecule has 0 aliphatic carbocycles. The Hall–Kier alpha value is -0.670. The molecule has 0 atom stereocenters. The third-order valence-electron chi connectivity index (χ3n) is 1.37. The lowest BCUT2D eigenvalue weighted by molar-refractivity contribution is -0.130. The van der Waals surface area contributed by atoms with Gasteiger partial charge in [0.05, 0.1) is 0 Å². The minimum atomic E-state index is -0.572. The molecule has 0 fully saturated rings. The van der Waals surface area contributed by atoms with Crippen molar-refractivity contribution < 1.29 is 14.3 Å². The quantitative estimate of drug-likeness (QED) is 0.450. The molecule has 0 bridgehead atoms. The third kappa shape index (κ3) is 3.64. The Morgan fingerprint density at radius 2 is 1.75 bits per heavy atom. The van der Waals surface area contributed by atoms with E-state index in [0.717, 1.165) is 0 Å². The second-order valence-corrected chi connectivity index (χ2v) is 2.32. The van der Waals surface area contributed by atoms with E-state index < -0.39 is 6.29 Å². The van der Waals surface area contributed by atoms with Crippen LogP contribution in [-0.2, 0) is 14.3 Å². The molecule has 0 N–H and O–H groups in total. The zero-order chi connectivity index (χ0) is 9.56. The Morgan fingerprint density at radius 1 is 1.33 bits per heavy atom. The van der Waals surface area contributed by atoms with Gasteiger partial charge in [-0.15, -0.1) is 0 Å². The standard InChI is InChI=1S/C9H16O3/c1-5-11-9(12-6-2)7(3)8(4)10/h9H,3,5-6H2,1-2,4H3. The fourth-order valence-corrected chi connectivity index (χ4v) is 0.718. The Balaban J connectivity index is 4.08. The molecule has 3 nitrogen and oxygen atoms in total. The van der Waals surface area contributed by atoms with Gasteiger partial charge in [0.2, 0.25) is 0 Å². The number of rotatable bonds is 6. The molecule has 0 rings (SSSR count). The molecule has 0 saturated heterocycles. The first-order valence-corrected chi connectivity index (χ1v) is 4.06. The molecular formula is C9H16O3. The fraction of sp³-hybridized carbons (Fsp3) is 0.667. The molecule has 0 saturated carbocycles. The first kappa shape index (κ1) is 11.3. The van der Waals surface area contributed by atoms with Crippen LogP contribution in [0.25, 0.3) is 0 Å². The largest absolute Gasteiger partial charge is 0.349 e. The molecule has 0 unspecified atom stereocenters. The second-order valence-electron chi connectivity index (χ2n) is 2.32. The summed E-state index contributed by atoms with van der Waals surface area (Å²) in [5, 5.41) is 0. The van der Waals surface area contributed by atoms with E-state index in [1.165, 1.54) is 6.92 Å². The maximum Gasteiger partial charge on any atom is 0.186 e. The lowest BCUT2D eigenvalue weighted by Gasteiger charge is -2.17. The van der Waals surface area contributed by atoms with E-state index in [0.29, 0.717) is 18.8 Å². The first-order valence-electron chi connectivity index (χ1n) is 4.06. The van der Waals surface area contributed by atoms with Crippen LogP contribution in [-0.4, -0.2) is 25.3 Å². The van der Waals surface area contributed by atoms with Gasteiger partial charge in [0, 0.05) is 18.8 Å². The summed E-state index contributed by atoms with van der Waals surface area (Å²) in [5.74, 6) is -0.0955. The summed E-state index contributed by atoms with van der Waals surface area (Å²) in [6.07, 6.45) is -0.572. The monoisotopic (exact) mass is 172 g/mol. The van der Waals surface area contributed by atoms with Crippen LogP contribution in [0.1, 0.15) is 20.8 Å². The summed E-state index contributed by atoms with van der Waals surface area (Å²) in [4.78, 5) is 10.9. The number of hydrogen-bond acceptors (Lipinski definition) is 3. The lowest BCUT2D eigenvalue weighted by Crippen LogP contribution is -2.23. The number of hydrogen-bond donors (Lipinski definition) is 0. The minimum absolute atomic E-state index is 0.0955. The summed E-state index contributed by atoms with van der Waals surface area (Å²) in [7, 11) is 0. The Bertz CT molecular complexity index is 157. The highest BCUT2D eigenvalue weighted by molar-refractivity contribution is 5.93. The molecule has 0 amide bonds. The molecule has 12 heavy (non-hydrogen) atoms. The highest BCUT2D eigenvalue weighted by Gasteiger charge is 2.15. The predicted octanol–water partition coefficient (Wildman–Crippen LogP) is 1.53. The summed E-state index contributed by atoms with van der Waals surface area (Å²) >= 11 is 0. The molecule has 0 aromatic carbocycles. The summed E-state index contributed by atoms with van der Waals surface area (Å²) < 4.78 is 10.3. The van der Waals surface area contributed by atoms with Gasteiger partial charge in [0.15, 0.2) is 12.1 Å².